The molecule has 102 valence electrons. The van der Waals surface area contributed by atoms with E-state index >= 15 is 0 Å². The Morgan fingerprint density at radius 2 is 1.90 bits per heavy atom. The molecule has 2 aromatic carbocycles. The van der Waals surface area contributed by atoms with Crippen LogP contribution >= 0.6 is 27.7 Å². The number of anilines is 1. The second kappa shape index (κ2) is 5.89. The van der Waals surface area contributed by atoms with E-state index in [2.05, 4.69) is 50.8 Å². The van der Waals surface area contributed by atoms with E-state index in [9.17, 15) is 4.79 Å². The minimum Gasteiger partial charge on any atom is -0.374 e. The summed E-state index contributed by atoms with van der Waals surface area (Å²) in [5.41, 5.74) is 2.25. The molecule has 2 atom stereocenters. The van der Waals surface area contributed by atoms with Crippen LogP contribution in [0.4, 0.5) is 5.69 Å². The van der Waals surface area contributed by atoms with Crippen LogP contribution in [-0.2, 0) is 4.79 Å². The maximum Gasteiger partial charge on any atom is 0.208 e. The zero-order valence-corrected chi connectivity index (χ0v) is 12.9. The molecular weight excluding hydrogens is 336 g/mol. The summed E-state index contributed by atoms with van der Waals surface area (Å²) >= 11 is 5.12. The summed E-state index contributed by atoms with van der Waals surface area (Å²) < 4.78 is 1.05. The summed E-state index contributed by atoms with van der Waals surface area (Å²) in [6.07, 6.45) is 0.763. The molecule has 0 bridgehead atoms. The third kappa shape index (κ3) is 2.69. The van der Waals surface area contributed by atoms with Gasteiger partial charge in [-0.15, -0.1) is 0 Å². The normalized spacial score (nSPS) is 20.6. The number of thioether (sulfide) groups is 1. The molecule has 0 aromatic heterocycles. The van der Waals surface area contributed by atoms with Crippen molar-refractivity contribution in [3.05, 3.63) is 58.6 Å². The Bertz CT molecular complexity index is 618. The van der Waals surface area contributed by atoms with Gasteiger partial charge in [0.25, 0.3) is 0 Å². The van der Waals surface area contributed by atoms with E-state index in [4.69, 9.17) is 0 Å². The fraction of sp³-hybridized carbons (Fsp3) is 0.133. The molecule has 20 heavy (non-hydrogen) atoms. The van der Waals surface area contributed by atoms with Gasteiger partial charge in [0.15, 0.2) is 0 Å². The molecule has 1 amide bonds. The summed E-state index contributed by atoms with van der Waals surface area (Å²) in [6.45, 7) is 0. The van der Waals surface area contributed by atoms with Crippen LogP contribution in [0, 0.1) is 0 Å². The van der Waals surface area contributed by atoms with Crippen LogP contribution < -0.4 is 10.6 Å². The zero-order valence-electron chi connectivity index (χ0n) is 10.5. The first-order valence-corrected chi connectivity index (χ1v) is 7.92. The van der Waals surface area contributed by atoms with Gasteiger partial charge >= 0.3 is 0 Å². The number of para-hydroxylation sites is 1. The number of carbonyl (C=O) groups is 1. The average molecular weight is 349 g/mol. The summed E-state index contributed by atoms with van der Waals surface area (Å²) in [6, 6.07) is 16.3. The molecule has 0 saturated carbocycles. The number of halogens is 1. The maximum atomic E-state index is 10.9. The first kappa shape index (κ1) is 13.5. The van der Waals surface area contributed by atoms with Crippen LogP contribution in [0.5, 0.6) is 0 Å². The Hall–Kier alpha value is -1.46. The van der Waals surface area contributed by atoms with Crippen LogP contribution in [0.25, 0.3) is 0 Å². The lowest BCUT2D eigenvalue weighted by molar-refractivity contribution is -0.109. The Kier molecular flexibility index (Phi) is 3.98. The van der Waals surface area contributed by atoms with Gasteiger partial charge in [-0.3, -0.25) is 4.79 Å². The molecule has 2 aromatic rings. The lowest BCUT2D eigenvalue weighted by Gasteiger charge is -2.34. The van der Waals surface area contributed by atoms with Gasteiger partial charge in [-0.1, -0.05) is 52.0 Å². The van der Waals surface area contributed by atoms with E-state index in [0.29, 0.717) is 0 Å². The van der Waals surface area contributed by atoms with Crippen molar-refractivity contribution in [2.75, 3.05) is 5.32 Å². The van der Waals surface area contributed by atoms with E-state index in [1.807, 2.05) is 24.3 Å². The molecular formula is C15H13BrN2OS. The van der Waals surface area contributed by atoms with Crippen molar-refractivity contribution in [3.63, 3.8) is 0 Å². The minimum atomic E-state index is -0.0245. The first-order valence-electron chi connectivity index (χ1n) is 6.25. The number of carbonyl (C=O) groups excluding carboxylic acids is 1. The number of fused-ring (bicyclic) bond motifs is 1. The van der Waals surface area contributed by atoms with Crippen molar-refractivity contribution < 1.29 is 4.79 Å². The highest BCUT2D eigenvalue weighted by atomic mass is 79.9. The highest BCUT2D eigenvalue weighted by molar-refractivity contribution is 9.10. The predicted octanol–water partition coefficient (Wildman–Crippen LogP) is 3.78. The SMILES string of the molecule is O=CNC1Sc2ccccc2NC1c1ccc(Br)cc1. The molecule has 1 aliphatic rings. The molecule has 2 unspecified atom stereocenters. The molecule has 3 nitrogen and oxygen atoms in total. The fourth-order valence-electron chi connectivity index (χ4n) is 2.26. The van der Waals surface area contributed by atoms with E-state index in [1.165, 1.54) is 0 Å². The van der Waals surface area contributed by atoms with Gasteiger partial charge in [0, 0.05) is 15.1 Å². The quantitative estimate of drug-likeness (QED) is 0.829. The van der Waals surface area contributed by atoms with Crippen molar-refractivity contribution in [1.82, 2.24) is 5.32 Å². The molecule has 1 aliphatic heterocycles. The van der Waals surface area contributed by atoms with Gasteiger partial charge in [-0.2, -0.15) is 0 Å². The molecule has 5 heteroatoms. The molecule has 1 heterocycles. The maximum absolute atomic E-state index is 10.9. The summed E-state index contributed by atoms with van der Waals surface area (Å²) in [5.74, 6) is 0. The van der Waals surface area contributed by atoms with E-state index in [1.54, 1.807) is 11.8 Å². The van der Waals surface area contributed by atoms with Crippen LogP contribution in [0.2, 0.25) is 0 Å². The Morgan fingerprint density at radius 1 is 1.15 bits per heavy atom. The highest BCUT2D eigenvalue weighted by Gasteiger charge is 2.29. The first-order chi connectivity index (χ1) is 9.78. The van der Waals surface area contributed by atoms with Crippen molar-refractivity contribution in [1.29, 1.82) is 0 Å². The Morgan fingerprint density at radius 3 is 2.65 bits per heavy atom. The van der Waals surface area contributed by atoms with Crippen LogP contribution in [0.3, 0.4) is 0 Å². The average Bonchev–Trinajstić information content (AvgIpc) is 2.48. The van der Waals surface area contributed by atoms with E-state index in [-0.39, 0.29) is 11.4 Å². The van der Waals surface area contributed by atoms with Crippen LogP contribution in [0.15, 0.2) is 57.9 Å². The fourth-order valence-corrected chi connectivity index (χ4v) is 3.70. The molecule has 2 N–H and O–H groups in total. The standard InChI is InChI=1S/C15H13BrN2OS/c16-11-7-5-10(6-8-11)14-15(17-9-19)20-13-4-2-1-3-12(13)18-14/h1-9,14-15,18H,(H,17,19). The molecule has 0 radical (unpaired) electrons. The lowest BCUT2D eigenvalue weighted by atomic mass is 10.1. The molecule has 0 spiro atoms. The lowest BCUT2D eigenvalue weighted by Crippen LogP contribution is -2.37. The Balaban J connectivity index is 1.95. The van der Waals surface area contributed by atoms with E-state index in [0.717, 1.165) is 27.0 Å². The number of amides is 1. The van der Waals surface area contributed by atoms with E-state index < -0.39 is 0 Å². The van der Waals surface area contributed by atoms with Gasteiger partial charge in [0.1, 0.15) is 5.37 Å². The topological polar surface area (TPSA) is 41.1 Å². The molecule has 0 fully saturated rings. The molecule has 0 saturated heterocycles. The third-order valence-corrected chi connectivity index (χ3v) is 5.02. The van der Waals surface area contributed by atoms with Gasteiger partial charge in [-0.05, 0) is 29.8 Å². The van der Waals surface area contributed by atoms with Crippen LogP contribution in [0.1, 0.15) is 11.6 Å². The second-order valence-corrected chi connectivity index (χ2v) is 6.59. The number of hydrogen-bond acceptors (Lipinski definition) is 3. The molecule has 0 aliphatic carbocycles. The highest BCUT2D eigenvalue weighted by Crippen LogP contribution is 2.42. The number of rotatable bonds is 3. The number of nitrogens with one attached hydrogen (secondary N) is 2. The monoisotopic (exact) mass is 348 g/mol. The van der Waals surface area contributed by atoms with Gasteiger partial charge in [0.05, 0.1) is 6.04 Å². The largest absolute Gasteiger partial charge is 0.374 e. The van der Waals surface area contributed by atoms with Crippen molar-refractivity contribution in [2.45, 2.75) is 16.3 Å². The van der Waals surface area contributed by atoms with Crippen LogP contribution in [-0.4, -0.2) is 11.8 Å². The Labute approximate surface area is 130 Å². The number of hydrogen-bond donors (Lipinski definition) is 2. The van der Waals surface area contributed by atoms with Gasteiger partial charge in [0.2, 0.25) is 6.41 Å². The minimum absolute atomic E-state index is 0.0245. The van der Waals surface area contributed by atoms with Crippen molar-refractivity contribution in [2.24, 2.45) is 0 Å². The third-order valence-electron chi connectivity index (χ3n) is 3.22. The van der Waals surface area contributed by atoms with Crippen molar-refractivity contribution in [3.8, 4) is 0 Å². The summed E-state index contributed by atoms with van der Waals surface area (Å²) in [7, 11) is 0. The predicted molar refractivity (Wildman–Crippen MR) is 85.8 cm³/mol. The van der Waals surface area contributed by atoms with Gasteiger partial charge in [-0.25, -0.2) is 0 Å². The summed E-state index contributed by atoms with van der Waals surface area (Å²) in [4.78, 5) is 12.0. The van der Waals surface area contributed by atoms with Crippen molar-refractivity contribution >= 4 is 39.8 Å². The molecule has 3 rings (SSSR count). The summed E-state index contributed by atoms with van der Waals surface area (Å²) in [5, 5.41) is 6.38. The number of benzene rings is 2. The smallest absolute Gasteiger partial charge is 0.208 e. The zero-order chi connectivity index (χ0) is 13.9. The van der Waals surface area contributed by atoms with Gasteiger partial charge < -0.3 is 10.6 Å². The second-order valence-electron chi connectivity index (χ2n) is 4.49.